The lowest BCUT2D eigenvalue weighted by Crippen LogP contribution is -2.11. The lowest BCUT2D eigenvalue weighted by molar-refractivity contribution is 0.327. The zero-order chi connectivity index (χ0) is 20.9. The van der Waals surface area contributed by atoms with Gasteiger partial charge in [0.15, 0.2) is 5.75 Å². The van der Waals surface area contributed by atoms with Gasteiger partial charge in [-0.3, -0.25) is 4.99 Å². The average Bonchev–Trinajstić information content (AvgIpc) is 2.71. The molecule has 0 saturated heterocycles. The molecule has 7 heteroatoms. The van der Waals surface area contributed by atoms with E-state index in [1.165, 1.54) is 12.1 Å². The largest absolute Gasteiger partial charge is 0.490 e. The van der Waals surface area contributed by atoms with E-state index in [1.54, 1.807) is 43.5 Å². The smallest absolute Gasteiger partial charge is 0.339 e. The molecule has 0 aliphatic heterocycles. The molecule has 0 radical (unpaired) electrons. The van der Waals surface area contributed by atoms with E-state index < -0.39 is 10.1 Å². The van der Waals surface area contributed by atoms with Gasteiger partial charge in [0, 0.05) is 6.21 Å². The fourth-order valence-corrected chi connectivity index (χ4v) is 3.81. The SMILES string of the molecule is CCOc1cc(C=Nc2ccc(C)cc2)cc(Cl)c1OS(=O)(=O)c1ccccc1. The number of nitrogens with zero attached hydrogens (tertiary/aromatic N) is 1. The number of hydrogen-bond donors (Lipinski definition) is 0. The Balaban J connectivity index is 1.93. The first kappa shape index (κ1) is 20.9. The van der Waals surface area contributed by atoms with Gasteiger partial charge in [-0.15, -0.1) is 0 Å². The van der Waals surface area contributed by atoms with Crippen LogP contribution in [0.15, 0.2) is 76.6 Å². The highest BCUT2D eigenvalue weighted by molar-refractivity contribution is 7.87. The van der Waals surface area contributed by atoms with E-state index in [1.807, 2.05) is 31.2 Å². The maximum absolute atomic E-state index is 12.6. The minimum atomic E-state index is -4.05. The number of halogens is 1. The molecule has 0 N–H and O–H groups in total. The first-order valence-corrected chi connectivity index (χ1v) is 10.7. The van der Waals surface area contributed by atoms with Crippen molar-refractivity contribution in [1.29, 1.82) is 0 Å². The van der Waals surface area contributed by atoms with E-state index in [9.17, 15) is 8.42 Å². The zero-order valence-electron chi connectivity index (χ0n) is 16.0. The summed E-state index contributed by atoms with van der Waals surface area (Å²) in [5.74, 6) is 0.176. The molecule has 0 unspecified atom stereocenters. The number of ether oxygens (including phenoxy) is 1. The van der Waals surface area contributed by atoms with Crippen LogP contribution < -0.4 is 8.92 Å². The van der Waals surface area contributed by atoms with Crippen LogP contribution in [0.1, 0.15) is 18.1 Å². The third-order valence-electron chi connectivity index (χ3n) is 3.95. The van der Waals surface area contributed by atoms with E-state index in [-0.39, 0.29) is 21.4 Å². The van der Waals surface area contributed by atoms with E-state index in [2.05, 4.69) is 4.99 Å². The summed E-state index contributed by atoms with van der Waals surface area (Å²) >= 11 is 6.34. The highest BCUT2D eigenvalue weighted by Crippen LogP contribution is 2.38. The van der Waals surface area contributed by atoms with Gasteiger partial charge < -0.3 is 8.92 Å². The first-order chi connectivity index (χ1) is 13.9. The summed E-state index contributed by atoms with van der Waals surface area (Å²) in [7, 11) is -4.05. The van der Waals surface area contributed by atoms with Crippen molar-refractivity contribution in [1.82, 2.24) is 0 Å². The Bertz CT molecular complexity index is 1110. The van der Waals surface area contributed by atoms with Gasteiger partial charge in [-0.25, -0.2) is 0 Å². The molecular weight excluding hydrogens is 410 g/mol. The van der Waals surface area contributed by atoms with Gasteiger partial charge in [0.2, 0.25) is 5.75 Å². The third kappa shape index (κ3) is 5.37. The predicted molar refractivity (Wildman–Crippen MR) is 115 cm³/mol. The number of aryl methyl sites for hydroxylation is 1. The molecule has 0 spiro atoms. The lowest BCUT2D eigenvalue weighted by atomic mass is 10.2. The molecule has 0 heterocycles. The molecule has 0 bridgehead atoms. The minimum absolute atomic E-state index is 0.0310. The van der Waals surface area contributed by atoms with Crippen molar-refractivity contribution in [3.05, 3.63) is 82.9 Å². The summed E-state index contributed by atoms with van der Waals surface area (Å²) in [6, 6.07) is 18.8. The minimum Gasteiger partial charge on any atom is -0.490 e. The van der Waals surface area contributed by atoms with Crippen LogP contribution in [0.5, 0.6) is 11.5 Å². The molecule has 0 saturated carbocycles. The van der Waals surface area contributed by atoms with Crippen molar-refractivity contribution in [3.8, 4) is 11.5 Å². The average molecular weight is 430 g/mol. The Morgan fingerprint density at radius 2 is 1.72 bits per heavy atom. The molecule has 0 aliphatic carbocycles. The second-order valence-electron chi connectivity index (χ2n) is 6.21. The van der Waals surface area contributed by atoms with Crippen molar-refractivity contribution in [3.63, 3.8) is 0 Å². The van der Waals surface area contributed by atoms with Gasteiger partial charge in [-0.1, -0.05) is 47.5 Å². The van der Waals surface area contributed by atoms with Crippen molar-refractivity contribution in [2.45, 2.75) is 18.7 Å². The Morgan fingerprint density at radius 3 is 2.38 bits per heavy atom. The fourth-order valence-electron chi connectivity index (χ4n) is 2.53. The normalized spacial score (nSPS) is 11.6. The molecule has 3 aromatic carbocycles. The maximum atomic E-state index is 12.6. The number of benzene rings is 3. The van der Waals surface area contributed by atoms with Gasteiger partial charge >= 0.3 is 10.1 Å². The van der Waals surface area contributed by atoms with Gasteiger partial charge in [-0.2, -0.15) is 8.42 Å². The number of aliphatic imine (C=N–C) groups is 1. The van der Waals surface area contributed by atoms with Gasteiger partial charge in [0.1, 0.15) is 4.90 Å². The molecular formula is C22H20ClNO4S. The number of rotatable bonds is 7. The summed E-state index contributed by atoms with van der Waals surface area (Å²) < 4.78 is 36.0. The standard InChI is InChI=1S/C22H20ClNO4S/c1-3-27-21-14-17(15-24-18-11-9-16(2)10-12-18)13-20(23)22(21)28-29(25,26)19-7-5-4-6-8-19/h4-15H,3H2,1-2H3. The van der Waals surface area contributed by atoms with Gasteiger partial charge in [0.25, 0.3) is 0 Å². The number of hydrogen-bond acceptors (Lipinski definition) is 5. The van der Waals surface area contributed by atoms with Gasteiger partial charge in [0.05, 0.1) is 17.3 Å². The van der Waals surface area contributed by atoms with Crippen molar-refractivity contribution < 1.29 is 17.3 Å². The molecule has 29 heavy (non-hydrogen) atoms. The second kappa shape index (κ2) is 9.11. The van der Waals surface area contributed by atoms with Crippen LogP contribution in [0.3, 0.4) is 0 Å². The quantitative estimate of drug-likeness (QED) is 0.364. The Morgan fingerprint density at radius 1 is 1.03 bits per heavy atom. The summed E-state index contributed by atoms with van der Waals surface area (Å²) in [6.07, 6.45) is 1.63. The van der Waals surface area contributed by atoms with E-state index >= 15 is 0 Å². The summed E-state index contributed by atoms with van der Waals surface area (Å²) in [6.45, 7) is 4.11. The van der Waals surface area contributed by atoms with Crippen molar-refractivity contribution >= 4 is 33.6 Å². The van der Waals surface area contributed by atoms with E-state index in [0.29, 0.717) is 12.2 Å². The van der Waals surface area contributed by atoms with Crippen LogP contribution >= 0.6 is 11.6 Å². The van der Waals surface area contributed by atoms with Crippen LogP contribution in [0.4, 0.5) is 5.69 Å². The molecule has 0 aliphatic rings. The third-order valence-corrected chi connectivity index (χ3v) is 5.47. The zero-order valence-corrected chi connectivity index (χ0v) is 17.6. The summed E-state index contributed by atoms with van der Waals surface area (Å²) in [5.41, 5.74) is 2.59. The van der Waals surface area contributed by atoms with Crippen molar-refractivity contribution in [2.75, 3.05) is 6.61 Å². The Hall–Kier alpha value is -2.83. The maximum Gasteiger partial charge on any atom is 0.339 e. The summed E-state index contributed by atoms with van der Waals surface area (Å²) in [5, 5.41) is 0.112. The molecule has 0 atom stereocenters. The highest BCUT2D eigenvalue weighted by Gasteiger charge is 2.22. The lowest BCUT2D eigenvalue weighted by Gasteiger charge is -2.14. The van der Waals surface area contributed by atoms with Crippen LogP contribution in [0.25, 0.3) is 0 Å². The molecule has 5 nitrogen and oxygen atoms in total. The Kier molecular flexibility index (Phi) is 6.56. The summed E-state index contributed by atoms with van der Waals surface area (Å²) in [4.78, 5) is 4.44. The second-order valence-corrected chi connectivity index (χ2v) is 8.16. The van der Waals surface area contributed by atoms with E-state index in [4.69, 9.17) is 20.5 Å². The van der Waals surface area contributed by atoms with E-state index in [0.717, 1.165) is 11.3 Å². The van der Waals surface area contributed by atoms with Crippen LogP contribution in [-0.2, 0) is 10.1 Å². The molecule has 0 fully saturated rings. The van der Waals surface area contributed by atoms with Crippen LogP contribution in [-0.4, -0.2) is 21.2 Å². The predicted octanol–water partition coefficient (Wildman–Crippen LogP) is 5.57. The highest BCUT2D eigenvalue weighted by atomic mass is 35.5. The molecule has 0 aromatic heterocycles. The van der Waals surface area contributed by atoms with Crippen LogP contribution in [0, 0.1) is 6.92 Å². The van der Waals surface area contributed by atoms with Crippen LogP contribution in [0.2, 0.25) is 5.02 Å². The molecule has 150 valence electrons. The fraction of sp³-hybridized carbons (Fsp3) is 0.136. The van der Waals surface area contributed by atoms with Crippen molar-refractivity contribution in [2.24, 2.45) is 4.99 Å². The Labute approximate surface area is 175 Å². The first-order valence-electron chi connectivity index (χ1n) is 8.95. The topological polar surface area (TPSA) is 65.0 Å². The monoisotopic (exact) mass is 429 g/mol. The molecule has 0 amide bonds. The molecule has 3 rings (SSSR count). The van der Waals surface area contributed by atoms with Gasteiger partial charge in [-0.05, 0) is 55.8 Å². The molecule has 3 aromatic rings.